The zero-order valence-electron chi connectivity index (χ0n) is 14.0. The lowest BCUT2D eigenvalue weighted by Crippen LogP contribution is -2.06. The highest BCUT2D eigenvalue weighted by atomic mass is 19.1. The summed E-state index contributed by atoms with van der Waals surface area (Å²) >= 11 is 0. The van der Waals surface area contributed by atoms with E-state index in [1.165, 1.54) is 12.1 Å². The first-order valence-corrected chi connectivity index (χ1v) is 8.24. The maximum atomic E-state index is 13.1. The minimum absolute atomic E-state index is 0.0645. The van der Waals surface area contributed by atoms with E-state index in [2.05, 4.69) is 4.98 Å². The second kappa shape index (κ2) is 6.13. The van der Waals surface area contributed by atoms with Gasteiger partial charge in [-0.15, -0.1) is 0 Å². The van der Waals surface area contributed by atoms with Crippen LogP contribution >= 0.6 is 0 Å². The van der Waals surface area contributed by atoms with Crippen LogP contribution in [-0.2, 0) is 0 Å². The molecule has 4 rings (SSSR count). The molecule has 0 aliphatic carbocycles. The van der Waals surface area contributed by atoms with Crippen LogP contribution in [0.2, 0.25) is 0 Å². The standard InChI is InChI=1S/C21H18FNO2/c1-13(2)24-21-11-15-10-19(14-5-7-16(22)8-6-14)25-20(15)12-17(21)18-4-3-9-23-18/h3-13,23H,1-2H3. The van der Waals surface area contributed by atoms with Crippen LogP contribution in [0.5, 0.6) is 5.75 Å². The first-order valence-electron chi connectivity index (χ1n) is 8.24. The van der Waals surface area contributed by atoms with Crippen molar-refractivity contribution >= 4 is 11.0 Å². The van der Waals surface area contributed by atoms with Crippen molar-refractivity contribution in [3.63, 3.8) is 0 Å². The normalized spacial score (nSPS) is 11.4. The van der Waals surface area contributed by atoms with Gasteiger partial charge in [0.1, 0.15) is 22.9 Å². The summed E-state index contributed by atoms with van der Waals surface area (Å²) in [5.74, 6) is 1.24. The van der Waals surface area contributed by atoms with Crippen LogP contribution in [0, 0.1) is 5.82 Å². The summed E-state index contributed by atoms with van der Waals surface area (Å²) < 4.78 is 25.1. The molecule has 0 aliphatic rings. The number of furan rings is 1. The van der Waals surface area contributed by atoms with Crippen molar-refractivity contribution in [2.75, 3.05) is 0 Å². The lowest BCUT2D eigenvalue weighted by Gasteiger charge is -2.13. The van der Waals surface area contributed by atoms with E-state index in [1.54, 1.807) is 12.1 Å². The van der Waals surface area contributed by atoms with Crippen molar-refractivity contribution < 1.29 is 13.5 Å². The highest BCUT2D eigenvalue weighted by molar-refractivity contribution is 5.89. The van der Waals surface area contributed by atoms with Crippen LogP contribution in [0.1, 0.15) is 13.8 Å². The van der Waals surface area contributed by atoms with Crippen LogP contribution in [-0.4, -0.2) is 11.1 Å². The van der Waals surface area contributed by atoms with Gasteiger partial charge in [0.15, 0.2) is 0 Å². The monoisotopic (exact) mass is 335 g/mol. The van der Waals surface area contributed by atoms with Crippen LogP contribution in [0.4, 0.5) is 4.39 Å². The van der Waals surface area contributed by atoms with Crippen molar-refractivity contribution in [2.45, 2.75) is 20.0 Å². The Balaban J connectivity index is 1.85. The van der Waals surface area contributed by atoms with E-state index in [4.69, 9.17) is 9.15 Å². The number of halogens is 1. The summed E-state index contributed by atoms with van der Waals surface area (Å²) in [6, 6.07) is 16.2. The summed E-state index contributed by atoms with van der Waals surface area (Å²) in [6.07, 6.45) is 1.94. The third kappa shape index (κ3) is 3.03. The van der Waals surface area contributed by atoms with Crippen molar-refractivity contribution in [1.29, 1.82) is 0 Å². The molecule has 0 unspecified atom stereocenters. The minimum Gasteiger partial charge on any atom is -0.490 e. The number of fused-ring (bicyclic) bond motifs is 1. The average Bonchev–Trinajstić information content (AvgIpc) is 3.23. The van der Waals surface area contributed by atoms with Crippen LogP contribution in [0.15, 0.2) is 65.2 Å². The van der Waals surface area contributed by atoms with Crippen LogP contribution < -0.4 is 4.74 Å². The minimum atomic E-state index is -0.262. The van der Waals surface area contributed by atoms with Gasteiger partial charge in [0.25, 0.3) is 0 Å². The van der Waals surface area contributed by atoms with E-state index in [9.17, 15) is 4.39 Å². The molecule has 2 aromatic carbocycles. The first-order chi connectivity index (χ1) is 12.1. The maximum Gasteiger partial charge on any atom is 0.135 e. The number of ether oxygens (including phenoxy) is 1. The highest BCUT2D eigenvalue weighted by Gasteiger charge is 2.14. The second-order valence-corrected chi connectivity index (χ2v) is 6.25. The second-order valence-electron chi connectivity index (χ2n) is 6.25. The van der Waals surface area contributed by atoms with Crippen molar-refractivity contribution in [3.8, 4) is 28.3 Å². The molecule has 0 saturated heterocycles. The van der Waals surface area contributed by atoms with Gasteiger partial charge in [-0.2, -0.15) is 0 Å². The number of rotatable bonds is 4. The average molecular weight is 335 g/mol. The molecule has 4 aromatic rings. The Morgan fingerprint density at radius 2 is 1.84 bits per heavy atom. The lowest BCUT2D eigenvalue weighted by atomic mass is 10.1. The smallest absolute Gasteiger partial charge is 0.135 e. The predicted molar refractivity (Wildman–Crippen MR) is 97.2 cm³/mol. The van der Waals surface area contributed by atoms with Gasteiger partial charge in [0.2, 0.25) is 0 Å². The molecule has 4 heteroatoms. The molecule has 1 N–H and O–H groups in total. The first kappa shape index (κ1) is 15.5. The fourth-order valence-electron chi connectivity index (χ4n) is 2.88. The molecule has 0 aliphatic heterocycles. The van der Waals surface area contributed by atoms with E-state index in [1.807, 2.05) is 50.4 Å². The highest BCUT2D eigenvalue weighted by Crippen LogP contribution is 2.37. The molecule has 2 aromatic heterocycles. The van der Waals surface area contributed by atoms with Gasteiger partial charge in [-0.1, -0.05) is 0 Å². The SMILES string of the molecule is CC(C)Oc1cc2cc(-c3ccc(F)cc3)oc2cc1-c1ccc[nH]1. The van der Waals surface area contributed by atoms with Crippen molar-refractivity contribution in [3.05, 3.63) is 66.6 Å². The summed E-state index contributed by atoms with van der Waals surface area (Å²) in [5, 5.41) is 0.949. The van der Waals surface area contributed by atoms with Gasteiger partial charge >= 0.3 is 0 Å². The van der Waals surface area contributed by atoms with Gasteiger partial charge in [-0.25, -0.2) is 4.39 Å². The van der Waals surface area contributed by atoms with Gasteiger partial charge in [0, 0.05) is 28.4 Å². The lowest BCUT2D eigenvalue weighted by molar-refractivity contribution is 0.244. The Bertz CT molecular complexity index is 998. The fourth-order valence-corrected chi connectivity index (χ4v) is 2.88. The van der Waals surface area contributed by atoms with E-state index >= 15 is 0 Å². The molecule has 3 nitrogen and oxygen atoms in total. The third-order valence-corrected chi connectivity index (χ3v) is 4.00. The number of aromatic nitrogens is 1. The Labute approximate surface area is 145 Å². The number of H-pyrrole nitrogens is 1. The quantitative estimate of drug-likeness (QED) is 0.495. The summed E-state index contributed by atoms with van der Waals surface area (Å²) in [4.78, 5) is 3.21. The van der Waals surface area contributed by atoms with Crippen molar-refractivity contribution in [2.24, 2.45) is 0 Å². The zero-order valence-corrected chi connectivity index (χ0v) is 14.0. The molecule has 25 heavy (non-hydrogen) atoms. The van der Waals surface area contributed by atoms with E-state index in [-0.39, 0.29) is 11.9 Å². The Morgan fingerprint density at radius 1 is 1.04 bits per heavy atom. The molecule has 0 radical (unpaired) electrons. The molecule has 0 atom stereocenters. The van der Waals surface area contributed by atoms with E-state index in [0.717, 1.165) is 33.5 Å². The Hall–Kier alpha value is -3.01. The predicted octanol–water partition coefficient (Wildman–Crippen LogP) is 6.02. The molecular weight excluding hydrogens is 317 g/mol. The summed E-state index contributed by atoms with van der Waals surface area (Å²) in [7, 11) is 0. The van der Waals surface area contributed by atoms with Gasteiger partial charge in [0.05, 0.1) is 6.10 Å². The molecule has 2 heterocycles. The van der Waals surface area contributed by atoms with Gasteiger partial charge in [-0.3, -0.25) is 0 Å². The van der Waals surface area contributed by atoms with E-state index in [0.29, 0.717) is 5.76 Å². The number of hydrogen-bond acceptors (Lipinski definition) is 2. The molecule has 0 bridgehead atoms. The van der Waals surface area contributed by atoms with Crippen molar-refractivity contribution in [1.82, 2.24) is 4.98 Å². The summed E-state index contributed by atoms with van der Waals surface area (Å²) in [5.41, 5.74) is 3.52. The summed E-state index contributed by atoms with van der Waals surface area (Å²) in [6.45, 7) is 4.00. The Morgan fingerprint density at radius 3 is 2.52 bits per heavy atom. The Kier molecular flexibility index (Phi) is 3.80. The van der Waals surface area contributed by atoms with Gasteiger partial charge < -0.3 is 14.1 Å². The number of nitrogens with one attached hydrogen (secondary N) is 1. The van der Waals surface area contributed by atoms with Crippen LogP contribution in [0.3, 0.4) is 0 Å². The number of hydrogen-bond donors (Lipinski definition) is 1. The molecule has 0 spiro atoms. The number of benzene rings is 2. The molecule has 0 amide bonds. The largest absolute Gasteiger partial charge is 0.490 e. The van der Waals surface area contributed by atoms with Crippen LogP contribution in [0.25, 0.3) is 33.6 Å². The topological polar surface area (TPSA) is 38.2 Å². The fraction of sp³-hybridized carbons (Fsp3) is 0.143. The zero-order chi connectivity index (χ0) is 17.4. The van der Waals surface area contributed by atoms with Gasteiger partial charge in [-0.05, 0) is 68.4 Å². The molecule has 0 saturated carbocycles. The number of aromatic amines is 1. The molecular formula is C21H18FNO2. The van der Waals surface area contributed by atoms with E-state index < -0.39 is 0 Å². The molecule has 126 valence electrons. The molecule has 0 fully saturated rings. The third-order valence-electron chi connectivity index (χ3n) is 4.00. The maximum absolute atomic E-state index is 13.1.